The van der Waals surface area contributed by atoms with E-state index in [0.717, 1.165) is 25.5 Å². The predicted molar refractivity (Wildman–Crippen MR) is 145 cm³/mol. The fourth-order valence-electron chi connectivity index (χ4n) is 3.48. The third-order valence-corrected chi connectivity index (χ3v) is 6.25. The van der Waals surface area contributed by atoms with Gasteiger partial charge in [0.2, 0.25) is 0 Å². The maximum Gasteiger partial charge on any atom is 0.271 e. The minimum Gasteiger partial charge on any atom is -0.490 e. The van der Waals surface area contributed by atoms with Crippen molar-refractivity contribution in [3.05, 3.63) is 104 Å². The van der Waals surface area contributed by atoms with E-state index in [9.17, 15) is 4.79 Å². The number of hydrogen-bond acceptors (Lipinski definition) is 4. The molecule has 4 aromatic rings. The zero-order valence-electron chi connectivity index (χ0n) is 18.4. The van der Waals surface area contributed by atoms with Crippen LogP contribution >= 0.6 is 34.2 Å². The van der Waals surface area contributed by atoms with Crippen molar-refractivity contribution in [1.29, 1.82) is 0 Å². The molecule has 5 nitrogen and oxygen atoms in total. The van der Waals surface area contributed by atoms with Crippen LogP contribution in [0.3, 0.4) is 0 Å². The van der Waals surface area contributed by atoms with Crippen LogP contribution in [0.4, 0.5) is 0 Å². The Balaban J connectivity index is 1.50. The lowest BCUT2D eigenvalue weighted by Crippen LogP contribution is -2.18. The summed E-state index contributed by atoms with van der Waals surface area (Å²) in [6.45, 7) is 2.72. The number of halogens is 2. The van der Waals surface area contributed by atoms with Crippen molar-refractivity contribution in [3.63, 3.8) is 0 Å². The number of carbonyl (C=O) groups is 1. The molecule has 0 saturated heterocycles. The van der Waals surface area contributed by atoms with Crippen LogP contribution in [0.25, 0.3) is 10.8 Å². The Morgan fingerprint density at radius 3 is 2.62 bits per heavy atom. The number of amides is 1. The normalized spacial score (nSPS) is 11.0. The minimum absolute atomic E-state index is 0.271. The number of carbonyl (C=O) groups excluding carboxylic acids is 1. The number of ether oxygens (including phenoxy) is 2. The molecule has 0 aliphatic rings. The first kappa shape index (κ1) is 24.0. The molecule has 4 aromatic carbocycles. The molecule has 0 bridgehead atoms. The van der Waals surface area contributed by atoms with Crippen LogP contribution < -0.4 is 14.9 Å². The molecule has 0 unspecified atom stereocenters. The molecule has 172 valence electrons. The first-order valence-electron chi connectivity index (χ1n) is 10.7. The summed E-state index contributed by atoms with van der Waals surface area (Å²) in [5.74, 6) is 0.968. The zero-order chi connectivity index (χ0) is 23.9. The second-order valence-corrected chi connectivity index (χ2v) is 8.94. The smallest absolute Gasteiger partial charge is 0.271 e. The highest BCUT2D eigenvalue weighted by Gasteiger charge is 2.13. The molecule has 7 heteroatoms. The summed E-state index contributed by atoms with van der Waals surface area (Å²) >= 11 is 8.45. The quantitative estimate of drug-likeness (QED) is 0.140. The molecule has 0 aromatic heterocycles. The van der Waals surface area contributed by atoms with Gasteiger partial charge in [0.05, 0.1) is 16.4 Å². The van der Waals surface area contributed by atoms with Crippen LogP contribution in [0, 0.1) is 3.57 Å². The zero-order valence-corrected chi connectivity index (χ0v) is 21.3. The summed E-state index contributed by atoms with van der Waals surface area (Å²) in [7, 11) is 0. The van der Waals surface area contributed by atoms with Crippen molar-refractivity contribution >= 4 is 57.1 Å². The van der Waals surface area contributed by atoms with Gasteiger partial charge >= 0.3 is 0 Å². The first-order chi connectivity index (χ1) is 16.6. The number of benzene rings is 4. The van der Waals surface area contributed by atoms with Gasteiger partial charge < -0.3 is 9.47 Å². The highest BCUT2D eigenvalue weighted by molar-refractivity contribution is 14.1. The average Bonchev–Trinajstić information content (AvgIpc) is 2.84. The molecule has 0 aliphatic carbocycles. The van der Waals surface area contributed by atoms with E-state index in [1.807, 2.05) is 79.7 Å². The number of hydrogen-bond donors (Lipinski definition) is 1. The summed E-state index contributed by atoms with van der Waals surface area (Å²) in [5, 5.41) is 6.70. The Hall–Kier alpha value is -3.10. The Bertz CT molecular complexity index is 1350. The summed E-state index contributed by atoms with van der Waals surface area (Å²) in [6.07, 6.45) is 1.59. The summed E-state index contributed by atoms with van der Waals surface area (Å²) in [6, 6.07) is 24.7. The van der Waals surface area contributed by atoms with Crippen LogP contribution in [-0.2, 0) is 6.61 Å². The predicted octanol–water partition coefficient (Wildman–Crippen LogP) is 6.84. The number of rotatable bonds is 8. The summed E-state index contributed by atoms with van der Waals surface area (Å²) in [5.41, 5.74) is 4.86. The molecule has 0 atom stereocenters. The van der Waals surface area contributed by atoms with Crippen molar-refractivity contribution in [3.8, 4) is 11.5 Å². The maximum atomic E-state index is 12.7. The average molecular weight is 585 g/mol. The summed E-state index contributed by atoms with van der Waals surface area (Å²) in [4.78, 5) is 12.7. The van der Waals surface area contributed by atoms with E-state index in [1.165, 1.54) is 0 Å². The van der Waals surface area contributed by atoms with Crippen LogP contribution in [0.1, 0.15) is 28.4 Å². The minimum atomic E-state index is -0.271. The SMILES string of the molecule is CCOc1cc(/C=N\NC(=O)c2cccc3ccccc23)cc(I)c1OCc1ccccc1Cl. The lowest BCUT2D eigenvalue weighted by Gasteiger charge is -2.15. The highest BCUT2D eigenvalue weighted by Crippen LogP contribution is 2.35. The molecule has 0 heterocycles. The van der Waals surface area contributed by atoms with Crippen LogP contribution in [0.5, 0.6) is 11.5 Å². The molecular formula is C27H22ClIN2O3. The van der Waals surface area contributed by atoms with Gasteiger partial charge in [-0.05, 0) is 70.1 Å². The Morgan fingerprint density at radius 2 is 1.79 bits per heavy atom. The number of fused-ring (bicyclic) bond motifs is 1. The van der Waals surface area contributed by atoms with Crippen LogP contribution in [0.15, 0.2) is 84.0 Å². The molecule has 0 saturated carbocycles. The lowest BCUT2D eigenvalue weighted by molar-refractivity contribution is 0.0957. The second-order valence-electron chi connectivity index (χ2n) is 7.37. The molecule has 1 N–H and O–H groups in total. The summed E-state index contributed by atoms with van der Waals surface area (Å²) < 4.78 is 12.7. The standard InChI is InChI=1S/C27H22ClIN2O3/c1-2-33-25-15-18(14-24(29)26(25)34-17-20-9-4-6-13-23(20)28)16-30-31-27(32)22-12-7-10-19-8-3-5-11-21(19)22/h3-16H,2,17H2,1H3,(H,31,32)/b30-16-. The van der Waals surface area contributed by atoms with E-state index in [0.29, 0.717) is 35.3 Å². The monoisotopic (exact) mass is 584 g/mol. The first-order valence-corrected chi connectivity index (χ1v) is 12.2. The second kappa shape index (κ2) is 11.4. The molecular weight excluding hydrogens is 563 g/mol. The van der Waals surface area contributed by atoms with Gasteiger partial charge in [-0.25, -0.2) is 5.43 Å². The third-order valence-electron chi connectivity index (χ3n) is 5.08. The Kier molecular flexibility index (Phi) is 8.03. The fraction of sp³-hybridized carbons (Fsp3) is 0.111. The van der Waals surface area contributed by atoms with Gasteiger partial charge in [-0.15, -0.1) is 0 Å². The van der Waals surface area contributed by atoms with Gasteiger partial charge in [0.15, 0.2) is 11.5 Å². The van der Waals surface area contributed by atoms with E-state index in [-0.39, 0.29) is 5.91 Å². The number of nitrogens with zero attached hydrogens (tertiary/aromatic N) is 1. The van der Waals surface area contributed by atoms with E-state index < -0.39 is 0 Å². The largest absolute Gasteiger partial charge is 0.490 e. The Morgan fingerprint density at radius 1 is 1.03 bits per heavy atom. The third kappa shape index (κ3) is 5.69. The van der Waals surface area contributed by atoms with Crippen molar-refractivity contribution < 1.29 is 14.3 Å². The number of hydrazone groups is 1. The molecule has 0 fully saturated rings. The molecule has 4 rings (SSSR count). The van der Waals surface area contributed by atoms with Crippen LogP contribution in [-0.4, -0.2) is 18.7 Å². The van der Waals surface area contributed by atoms with Gasteiger partial charge in [0.1, 0.15) is 6.61 Å². The van der Waals surface area contributed by atoms with Crippen molar-refractivity contribution in [2.45, 2.75) is 13.5 Å². The highest BCUT2D eigenvalue weighted by atomic mass is 127. The molecule has 0 radical (unpaired) electrons. The van der Waals surface area contributed by atoms with E-state index in [1.54, 1.807) is 12.3 Å². The van der Waals surface area contributed by atoms with Gasteiger partial charge in [-0.1, -0.05) is 66.2 Å². The molecule has 0 aliphatic heterocycles. The lowest BCUT2D eigenvalue weighted by atomic mass is 10.0. The van der Waals surface area contributed by atoms with E-state index in [2.05, 4.69) is 33.1 Å². The fourth-order valence-corrected chi connectivity index (χ4v) is 4.45. The van der Waals surface area contributed by atoms with Crippen LogP contribution in [0.2, 0.25) is 5.02 Å². The van der Waals surface area contributed by atoms with Crippen molar-refractivity contribution in [2.75, 3.05) is 6.61 Å². The van der Waals surface area contributed by atoms with Gasteiger partial charge in [-0.3, -0.25) is 4.79 Å². The van der Waals surface area contributed by atoms with E-state index >= 15 is 0 Å². The molecule has 0 spiro atoms. The van der Waals surface area contributed by atoms with E-state index in [4.69, 9.17) is 21.1 Å². The van der Waals surface area contributed by atoms with Crippen molar-refractivity contribution in [1.82, 2.24) is 5.43 Å². The van der Waals surface area contributed by atoms with Gasteiger partial charge in [0.25, 0.3) is 5.91 Å². The van der Waals surface area contributed by atoms with Gasteiger partial charge in [-0.2, -0.15) is 5.10 Å². The van der Waals surface area contributed by atoms with Crippen molar-refractivity contribution in [2.24, 2.45) is 5.10 Å². The van der Waals surface area contributed by atoms with Gasteiger partial charge in [0, 0.05) is 16.1 Å². The number of nitrogens with one attached hydrogen (secondary N) is 1. The molecule has 34 heavy (non-hydrogen) atoms. The Labute approximate surface area is 216 Å². The molecule has 1 amide bonds. The maximum absolute atomic E-state index is 12.7. The topological polar surface area (TPSA) is 59.9 Å².